The molecule has 4 aromatic heterocycles. The molecule has 7 nitrogen and oxygen atoms in total. The molecule has 158 valence electrons. The number of piperazine rings is 1. The highest BCUT2D eigenvalue weighted by Gasteiger charge is 2.25. The van der Waals surface area contributed by atoms with Crippen LogP contribution in [0.4, 0.5) is 0 Å². The van der Waals surface area contributed by atoms with E-state index in [0.29, 0.717) is 25.2 Å². The molecule has 5 rings (SSSR count). The van der Waals surface area contributed by atoms with E-state index in [2.05, 4.69) is 15.0 Å². The number of hydrogen-bond acceptors (Lipinski definition) is 6. The third kappa shape index (κ3) is 3.96. The van der Waals surface area contributed by atoms with Gasteiger partial charge in [0.25, 0.3) is 5.91 Å². The molecule has 1 saturated heterocycles. The fraction of sp³-hybridized carbons (Fsp3) is 0.304. The van der Waals surface area contributed by atoms with E-state index >= 15 is 0 Å². The molecular formula is C23H24N6OS. The normalized spacial score (nSPS) is 14.9. The molecule has 0 radical (unpaired) electrons. The monoisotopic (exact) mass is 432 g/mol. The van der Waals surface area contributed by atoms with Crippen molar-refractivity contribution in [1.29, 1.82) is 0 Å². The van der Waals surface area contributed by atoms with E-state index < -0.39 is 0 Å². The van der Waals surface area contributed by atoms with E-state index in [4.69, 9.17) is 4.98 Å². The summed E-state index contributed by atoms with van der Waals surface area (Å²) >= 11 is 1.63. The Balaban J connectivity index is 1.39. The minimum Gasteiger partial charge on any atom is -0.336 e. The van der Waals surface area contributed by atoms with Crippen molar-refractivity contribution in [2.24, 2.45) is 0 Å². The van der Waals surface area contributed by atoms with Gasteiger partial charge in [-0.15, -0.1) is 11.3 Å². The molecule has 5 heterocycles. The molecule has 0 spiro atoms. The summed E-state index contributed by atoms with van der Waals surface area (Å²) in [6.45, 7) is 6.77. The molecule has 31 heavy (non-hydrogen) atoms. The maximum atomic E-state index is 13.5. The van der Waals surface area contributed by atoms with Crippen LogP contribution in [0.2, 0.25) is 0 Å². The Morgan fingerprint density at radius 1 is 1.13 bits per heavy atom. The lowest BCUT2D eigenvalue weighted by molar-refractivity contribution is 0.0630. The Labute approximate surface area is 185 Å². The lowest BCUT2D eigenvalue weighted by Gasteiger charge is -2.35. The van der Waals surface area contributed by atoms with Gasteiger partial charge in [-0.1, -0.05) is 6.07 Å². The lowest BCUT2D eigenvalue weighted by atomic mass is 10.1. The summed E-state index contributed by atoms with van der Waals surface area (Å²) in [6.07, 6.45) is 5.42. The molecule has 0 unspecified atom stereocenters. The van der Waals surface area contributed by atoms with E-state index in [1.165, 1.54) is 5.56 Å². The zero-order valence-electron chi connectivity index (χ0n) is 17.4. The van der Waals surface area contributed by atoms with Crippen LogP contribution in [0.3, 0.4) is 0 Å². The second kappa shape index (κ2) is 8.56. The standard InChI is InChI=1S/C23H24N6OS/c1-2-29-22-19(15-25-29)18(14-20(26-22)21-4-3-13-31-21)23(30)28-11-9-27(10-12-28)16-17-5-7-24-8-6-17/h3-8,13-15H,2,9-12,16H2,1H3. The van der Waals surface area contributed by atoms with Crippen molar-refractivity contribution in [3.05, 3.63) is 65.4 Å². The highest BCUT2D eigenvalue weighted by atomic mass is 32.1. The van der Waals surface area contributed by atoms with Crippen LogP contribution in [-0.4, -0.2) is 61.6 Å². The molecule has 0 aliphatic carbocycles. The molecular weight excluding hydrogens is 408 g/mol. The topological polar surface area (TPSA) is 67.2 Å². The fourth-order valence-corrected chi connectivity index (χ4v) is 4.72. The van der Waals surface area contributed by atoms with Crippen molar-refractivity contribution in [2.75, 3.05) is 26.2 Å². The second-order valence-electron chi connectivity index (χ2n) is 7.65. The molecule has 0 bridgehead atoms. The Bertz CT molecular complexity index is 1180. The number of aromatic nitrogens is 4. The number of fused-ring (bicyclic) bond motifs is 1. The molecule has 4 aromatic rings. The number of carbonyl (C=O) groups excluding carboxylic acids is 1. The van der Waals surface area contributed by atoms with Crippen LogP contribution in [0, 0.1) is 0 Å². The second-order valence-corrected chi connectivity index (χ2v) is 8.60. The van der Waals surface area contributed by atoms with Crippen LogP contribution in [-0.2, 0) is 13.1 Å². The highest BCUT2D eigenvalue weighted by Crippen LogP contribution is 2.29. The van der Waals surface area contributed by atoms with E-state index in [1.54, 1.807) is 17.5 Å². The van der Waals surface area contributed by atoms with Crippen LogP contribution in [0.5, 0.6) is 0 Å². The molecule has 0 N–H and O–H groups in total. The van der Waals surface area contributed by atoms with Gasteiger partial charge in [-0.05, 0) is 42.1 Å². The van der Waals surface area contributed by atoms with Gasteiger partial charge in [0.15, 0.2) is 5.65 Å². The lowest BCUT2D eigenvalue weighted by Crippen LogP contribution is -2.48. The first-order valence-corrected chi connectivity index (χ1v) is 11.4. The smallest absolute Gasteiger partial charge is 0.254 e. The first kappa shape index (κ1) is 19.8. The average molecular weight is 433 g/mol. The van der Waals surface area contributed by atoms with Crippen LogP contribution in [0.1, 0.15) is 22.8 Å². The minimum absolute atomic E-state index is 0.0596. The SMILES string of the molecule is CCn1ncc2c(C(=O)N3CCN(Cc4ccncc4)CC3)cc(-c3cccs3)nc21. The minimum atomic E-state index is 0.0596. The third-order valence-corrected chi connectivity index (χ3v) is 6.62. The Morgan fingerprint density at radius 2 is 1.94 bits per heavy atom. The van der Waals surface area contributed by atoms with Crippen molar-refractivity contribution < 1.29 is 4.79 Å². The molecule has 0 aromatic carbocycles. The summed E-state index contributed by atoms with van der Waals surface area (Å²) in [5.41, 5.74) is 3.54. The van der Waals surface area contributed by atoms with Gasteiger partial charge in [0.2, 0.25) is 0 Å². The van der Waals surface area contributed by atoms with E-state index in [0.717, 1.165) is 41.2 Å². The summed E-state index contributed by atoms with van der Waals surface area (Å²) in [5, 5.41) is 7.31. The summed E-state index contributed by atoms with van der Waals surface area (Å²) < 4.78 is 1.86. The van der Waals surface area contributed by atoms with Gasteiger partial charge < -0.3 is 4.90 Å². The average Bonchev–Trinajstić information content (AvgIpc) is 3.49. The van der Waals surface area contributed by atoms with E-state index in [9.17, 15) is 4.79 Å². The number of rotatable bonds is 5. The van der Waals surface area contributed by atoms with Crippen molar-refractivity contribution in [3.8, 4) is 10.6 Å². The molecule has 1 amide bonds. The van der Waals surface area contributed by atoms with Crippen molar-refractivity contribution in [1.82, 2.24) is 29.5 Å². The number of aryl methyl sites for hydroxylation is 1. The van der Waals surface area contributed by atoms with Gasteiger partial charge in [0, 0.05) is 51.7 Å². The first-order chi connectivity index (χ1) is 15.2. The van der Waals surface area contributed by atoms with Gasteiger partial charge in [-0.2, -0.15) is 5.10 Å². The van der Waals surface area contributed by atoms with Crippen molar-refractivity contribution in [3.63, 3.8) is 0 Å². The van der Waals surface area contributed by atoms with Crippen LogP contribution < -0.4 is 0 Å². The van der Waals surface area contributed by atoms with E-state index in [-0.39, 0.29) is 5.91 Å². The van der Waals surface area contributed by atoms with Crippen LogP contribution >= 0.6 is 11.3 Å². The highest BCUT2D eigenvalue weighted by molar-refractivity contribution is 7.13. The third-order valence-electron chi connectivity index (χ3n) is 5.73. The Hall–Kier alpha value is -3.10. The maximum Gasteiger partial charge on any atom is 0.254 e. The number of amides is 1. The number of thiophene rings is 1. The zero-order valence-corrected chi connectivity index (χ0v) is 18.3. The van der Waals surface area contributed by atoms with Gasteiger partial charge in [-0.3, -0.25) is 14.7 Å². The summed E-state index contributed by atoms with van der Waals surface area (Å²) in [4.78, 5) is 27.8. The van der Waals surface area contributed by atoms with Gasteiger partial charge in [0.05, 0.1) is 27.7 Å². The van der Waals surface area contributed by atoms with Gasteiger partial charge >= 0.3 is 0 Å². The number of pyridine rings is 2. The van der Waals surface area contributed by atoms with Crippen LogP contribution in [0.25, 0.3) is 21.6 Å². The molecule has 8 heteroatoms. The summed E-state index contributed by atoms with van der Waals surface area (Å²) in [6, 6.07) is 10.1. The van der Waals surface area contributed by atoms with Crippen molar-refractivity contribution in [2.45, 2.75) is 20.0 Å². The number of carbonyl (C=O) groups is 1. The first-order valence-electron chi connectivity index (χ1n) is 10.5. The predicted octanol–water partition coefficient (Wildman–Crippen LogP) is 3.53. The summed E-state index contributed by atoms with van der Waals surface area (Å²) in [7, 11) is 0. The zero-order chi connectivity index (χ0) is 21.2. The number of hydrogen-bond donors (Lipinski definition) is 0. The van der Waals surface area contributed by atoms with E-state index in [1.807, 2.05) is 64.6 Å². The fourth-order valence-electron chi connectivity index (χ4n) is 4.03. The molecule has 0 saturated carbocycles. The van der Waals surface area contributed by atoms with Gasteiger partial charge in [0.1, 0.15) is 0 Å². The van der Waals surface area contributed by atoms with Gasteiger partial charge in [-0.25, -0.2) is 9.67 Å². The largest absolute Gasteiger partial charge is 0.336 e. The Morgan fingerprint density at radius 3 is 2.65 bits per heavy atom. The number of nitrogens with zero attached hydrogens (tertiary/aromatic N) is 6. The molecule has 1 fully saturated rings. The predicted molar refractivity (Wildman–Crippen MR) is 122 cm³/mol. The molecule has 0 atom stereocenters. The van der Waals surface area contributed by atoms with Crippen LogP contribution in [0.15, 0.2) is 54.3 Å². The quantitative estimate of drug-likeness (QED) is 0.483. The molecule has 1 aliphatic heterocycles. The van der Waals surface area contributed by atoms with Crippen molar-refractivity contribution >= 4 is 28.3 Å². The summed E-state index contributed by atoms with van der Waals surface area (Å²) in [5.74, 6) is 0.0596. The maximum absolute atomic E-state index is 13.5. The molecule has 1 aliphatic rings. The Kier molecular flexibility index (Phi) is 5.48.